The molecular weight excluding hydrogens is 416 g/mol. The Kier molecular flexibility index (Phi) is 5.60. The number of carboxylic acids is 1. The third-order valence-corrected chi connectivity index (χ3v) is 8.81. The van der Waals surface area contributed by atoms with Gasteiger partial charge in [0.2, 0.25) is 0 Å². The van der Waals surface area contributed by atoms with E-state index in [2.05, 4.69) is 5.32 Å². The second-order valence-corrected chi connectivity index (χ2v) is 12.0. The Balaban J connectivity index is 1.69. The van der Waals surface area contributed by atoms with Gasteiger partial charge in [-0.3, -0.25) is 9.69 Å². The first-order valence-electron chi connectivity index (χ1n) is 8.41. The summed E-state index contributed by atoms with van der Waals surface area (Å²) in [7, 11) is -3.04. The molecule has 152 valence electrons. The number of nitrogens with zero attached hydrogens (tertiary/aromatic N) is 1. The van der Waals surface area contributed by atoms with Gasteiger partial charge in [0.05, 0.1) is 16.1 Å². The Labute approximate surface area is 165 Å². The maximum atomic E-state index is 12.3. The summed E-state index contributed by atoms with van der Waals surface area (Å²) in [4.78, 5) is 25.0. The number of carbonyl (C=O) groups excluding carboxylic acids is 1. The third-order valence-electron chi connectivity index (χ3n) is 4.96. The minimum Gasteiger partial charge on any atom is -0.477 e. The number of hydrogen-bond donors (Lipinski definition) is 4. The molecule has 0 aromatic heterocycles. The largest absolute Gasteiger partial charge is 0.477 e. The average molecular weight is 439 g/mol. The number of amides is 1. The van der Waals surface area contributed by atoms with Gasteiger partial charge in [0.25, 0.3) is 5.91 Å². The predicted octanol–water partition coefficient (Wildman–Crippen LogP) is -0.834. The standard InChI is InChI=1S/C15H22N2O7S3/c1-7(18)15(22)13(21)17-10(11(19)20)12(26-14(15)17)25-9-5-8(16-6-9)3-4-27(2,23)24/h7-9,14,16,18,22H,3-6H2,1-2H3,(H,19,20)/t7-,8-,9+,14-,15-/m1/s1. The Hall–Kier alpha value is -0.790. The molecule has 0 aromatic carbocycles. The Bertz CT molecular complexity index is 797. The van der Waals surface area contributed by atoms with Crippen molar-refractivity contribution in [1.82, 2.24) is 10.2 Å². The van der Waals surface area contributed by atoms with Crippen molar-refractivity contribution in [2.45, 2.75) is 48.1 Å². The molecule has 5 atom stereocenters. The zero-order valence-electron chi connectivity index (χ0n) is 14.8. The normalized spacial score (nSPS) is 34.6. The lowest BCUT2D eigenvalue weighted by molar-refractivity contribution is -0.193. The maximum Gasteiger partial charge on any atom is 0.354 e. The van der Waals surface area contributed by atoms with Gasteiger partial charge in [0, 0.05) is 24.1 Å². The topological polar surface area (TPSA) is 144 Å². The van der Waals surface area contributed by atoms with E-state index in [0.29, 0.717) is 23.6 Å². The van der Waals surface area contributed by atoms with E-state index in [1.807, 2.05) is 0 Å². The molecule has 0 bridgehead atoms. The molecule has 0 unspecified atom stereocenters. The summed E-state index contributed by atoms with van der Waals surface area (Å²) < 4.78 is 23.0. The van der Waals surface area contributed by atoms with Crippen LogP contribution in [-0.2, 0) is 19.4 Å². The molecule has 12 heteroatoms. The number of fused-ring (bicyclic) bond motifs is 1. The van der Waals surface area contributed by atoms with Crippen molar-refractivity contribution >= 4 is 45.2 Å². The van der Waals surface area contributed by atoms with E-state index >= 15 is 0 Å². The predicted molar refractivity (Wildman–Crippen MR) is 102 cm³/mol. The van der Waals surface area contributed by atoms with E-state index < -0.39 is 38.8 Å². The van der Waals surface area contributed by atoms with Gasteiger partial charge >= 0.3 is 5.97 Å². The van der Waals surface area contributed by atoms with E-state index in [9.17, 15) is 33.3 Å². The first-order valence-corrected chi connectivity index (χ1v) is 12.2. The molecule has 2 saturated heterocycles. The van der Waals surface area contributed by atoms with Crippen LogP contribution in [0.5, 0.6) is 0 Å². The van der Waals surface area contributed by atoms with Gasteiger partial charge in [0.1, 0.15) is 15.2 Å². The summed E-state index contributed by atoms with van der Waals surface area (Å²) in [6.45, 7) is 1.89. The van der Waals surface area contributed by atoms with E-state index in [-0.39, 0.29) is 22.7 Å². The van der Waals surface area contributed by atoms with E-state index in [0.717, 1.165) is 16.7 Å². The first kappa shape index (κ1) is 20.9. The van der Waals surface area contributed by atoms with Crippen LogP contribution >= 0.6 is 23.5 Å². The van der Waals surface area contributed by atoms with Crippen molar-refractivity contribution in [3.05, 3.63) is 9.93 Å². The molecule has 3 rings (SSSR count). The van der Waals surface area contributed by atoms with Gasteiger partial charge < -0.3 is 20.6 Å². The third kappa shape index (κ3) is 3.75. The molecule has 4 N–H and O–H groups in total. The van der Waals surface area contributed by atoms with Crippen molar-refractivity contribution in [3.8, 4) is 0 Å². The van der Waals surface area contributed by atoms with Crippen molar-refractivity contribution in [1.29, 1.82) is 0 Å². The highest BCUT2D eigenvalue weighted by atomic mass is 32.2. The highest BCUT2D eigenvalue weighted by Crippen LogP contribution is 2.56. The molecule has 3 aliphatic heterocycles. The van der Waals surface area contributed by atoms with Crippen LogP contribution in [-0.4, -0.2) is 87.4 Å². The smallest absolute Gasteiger partial charge is 0.354 e. The lowest BCUT2D eigenvalue weighted by Crippen LogP contribution is -2.75. The van der Waals surface area contributed by atoms with Crippen LogP contribution in [0.3, 0.4) is 0 Å². The molecule has 3 aliphatic rings. The number of rotatable bonds is 7. The molecule has 0 radical (unpaired) electrons. The molecule has 3 heterocycles. The van der Waals surface area contributed by atoms with Crippen LogP contribution in [0.1, 0.15) is 19.8 Å². The molecule has 0 aliphatic carbocycles. The van der Waals surface area contributed by atoms with Gasteiger partial charge in [-0.1, -0.05) is 11.8 Å². The van der Waals surface area contributed by atoms with Crippen LogP contribution in [0.15, 0.2) is 9.93 Å². The molecule has 27 heavy (non-hydrogen) atoms. The van der Waals surface area contributed by atoms with Gasteiger partial charge in [-0.15, -0.1) is 11.8 Å². The van der Waals surface area contributed by atoms with Crippen molar-refractivity contribution in [2.24, 2.45) is 0 Å². The summed E-state index contributed by atoms with van der Waals surface area (Å²) in [6, 6.07) is 0.0329. The number of aliphatic hydroxyl groups excluding tert-OH is 1. The molecular formula is C15H22N2O7S3. The number of aliphatic carboxylic acids is 1. The van der Waals surface area contributed by atoms with E-state index in [4.69, 9.17) is 0 Å². The monoisotopic (exact) mass is 438 g/mol. The fraction of sp³-hybridized carbons (Fsp3) is 0.733. The van der Waals surface area contributed by atoms with Crippen molar-refractivity contribution in [3.63, 3.8) is 0 Å². The Morgan fingerprint density at radius 1 is 1.52 bits per heavy atom. The average Bonchev–Trinajstić information content (AvgIpc) is 3.14. The van der Waals surface area contributed by atoms with Crippen LogP contribution in [0.4, 0.5) is 0 Å². The first-order chi connectivity index (χ1) is 12.4. The Morgan fingerprint density at radius 3 is 2.74 bits per heavy atom. The zero-order valence-corrected chi connectivity index (χ0v) is 17.2. The zero-order chi connectivity index (χ0) is 20.1. The number of sulfone groups is 1. The lowest BCUT2D eigenvalue weighted by atomic mass is 9.86. The highest BCUT2D eigenvalue weighted by Gasteiger charge is 2.68. The molecule has 0 aromatic rings. The van der Waals surface area contributed by atoms with Gasteiger partial charge in [0.15, 0.2) is 11.3 Å². The number of carboxylic acid groups (broad SMARTS) is 1. The number of thioether (sulfide) groups is 2. The Morgan fingerprint density at radius 2 is 2.19 bits per heavy atom. The quantitative estimate of drug-likeness (QED) is 0.372. The molecule has 0 spiro atoms. The lowest BCUT2D eigenvalue weighted by Gasteiger charge is -2.50. The number of hydrogen-bond acceptors (Lipinski definition) is 9. The van der Waals surface area contributed by atoms with Gasteiger partial charge in [-0.2, -0.15) is 0 Å². The fourth-order valence-corrected chi connectivity index (χ4v) is 7.42. The number of aliphatic hydroxyl groups is 2. The second-order valence-electron chi connectivity index (χ2n) is 7.09. The summed E-state index contributed by atoms with van der Waals surface area (Å²) in [5.41, 5.74) is -2.15. The molecule has 0 saturated carbocycles. The van der Waals surface area contributed by atoms with Crippen LogP contribution in [0.25, 0.3) is 0 Å². The summed E-state index contributed by atoms with van der Waals surface area (Å²) in [6.07, 6.45) is 1.05. The van der Waals surface area contributed by atoms with Gasteiger partial charge in [-0.05, 0) is 19.8 Å². The van der Waals surface area contributed by atoms with E-state index in [1.165, 1.54) is 24.9 Å². The summed E-state index contributed by atoms with van der Waals surface area (Å²) >= 11 is 2.39. The maximum absolute atomic E-state index is 12.3. The number of carbonyl (C=O) groups is 2. The molecule has 2 fully saturated rings. The minimum absolute atomic E-state index is 0.0276. The second kappa shape index (κ2) is 7.23. The van der Waals surface area contributed by atoms with Crippen LogP contribution < -0.4 is 5.32 Å². The fourth-order valence-electron chi connectivity index (χ4n) is 3.41. The van der Waals surface area contributed by atoms with Crippen LogP contribution in [0, 0.1) is 0 Å². The number of β-lactam (4-membered cyclic amide) rings is 1. The minimum atomic E-state index is -3.04. The number of nitrogens with one attached hydrogen (secondary N) is 1. The summed E-state index contributed by atoms with van der Waals surface area (Å²) in [5, 5.41) is 32.1. The SMILES string of the molecule is C[C@@H](O)[C@@]1(O)C(=O)N2C(C(=O)O)=C(S[C@@H]3CN[C@H](CCS(C)(=O)=O)C3)S[C@@H]21. The van der Waals surface area contributed by atoms with Crippen molar-refractivity contribution < 1.29 is 33.3 Å². The van der Waals surface area contributed by atoms with Crippen molar-refractivity contribution in [2.75, 3.05) is 18.6 Å². The molecule has 9 nitrogen and oxygen atoms in total. The van der Waals surface area contributed by atoms with Gasteiger partial charge in [-0.25, -0.2) is 13.2 Å². The highest BCUT2D eigenvalue weighted by molar-refractivity contribution is 8.23. The summed E-state index contributed by atoms with van der Waals surface area (Å²) in [5.74, 6) is -1.97. The van der Waals surface area contributed by atoms with E-state index in [1.54, 1.807) is 0 Å². The van der Waals surface area contributed by atoms with Crippen LogP contribution in [0.2, 0.25) is 0 Å². The molecule has 1 amide bonds.